The van der Waals surface area contributed by atoms with Gasteiger partial charge >= 0.3 is 6.09 Å². The Morgan fingerprint density at radius 1 is 1.38 bits per heavy atom. The number of carbonyl (C=O) groups excluding carboxylic acids is 1. The van der Waals surface area contributed by atoms with Gasteiger partial charge in [0.2, 0.25) is 0 Å². The van der Waals surface area contributed by atoms with Gasteiger partial charge in [-0.25, -0.2) is 13.7 Å². The van der Waals surface area contributed by atoms with E-state index in [1.54, 1.807) is 4.90 Å². The number of carbonyl (C=O) groups is 1. The summed E-state index contributed by atoms with van der Waals surface area (Å²) < 4.78 is 21.0. The van der Waals surface area contributed by atoms with Gasteiger partial charge in [-0.3, -0.25) is 4.79 Å². The monoisotopic (exact) mass is 336 g/mol. The van der Waals surface area contributed by atoms with Crippen molar-refractivity contribution in [1.82, 2.24) is 19.5 Å². The maximum Gasteiger partial charge on any atom is 0.410 e. The normalized spacial score (nSPS) is 16.6. The number of halogens is 1. The average molecular weight is 336 g/mol. The van der Waals surface area contributed by atoms with Crippen molar-refractivity contribution >= 4 is 11.6 Å². The highest BCUT2D eigenvalue weighted by Gasteiger charge is 2.30. The van der Waals surface area contributed by atoms with Gasteiger partial charge in [-0.05, 0) is 39.5 Å². The van der Waals surface area contributed by atoms with Crippen LogP contribution >= 0.6 is 0 Å². The van der Waals surface area contributed by atoms with Gasteiger partial charge in [0.25, 0.3) is 5.56 Å². The van der Waals surface area contributed by atoms with Crippen LogP contribution in [0.5, 0.6) is 0 Å². The highest BCUT2D eigenvalue weighted by atomic mass is 19.1. The van der Waals surface area contributed by atoms with Crippen LogP contribution in [0.4, 0.5) is 9.18 Å². The van der Waals surface area contributed by atoms with E-state index in [0.717, 1.165) is 0 Å². The number of aromatic amines is 1. The van der Waals surface area contributed by atoms with Crippen molar-refractivity contribution < 1.29 is 13.9 Å². The minimum atomic E-state index is -0.544. The molecule has 1 aliphatic heterocycles. The molecule has 1 N–H and O–H groups in total. The van der Waals surface area contributed by atoms with Gasteiger partial charge in [0.05, 0.1) is 6.20 Å². The molecular weight excluding hydrogens is 315 g/mol. The van der Waals surface area contributed by atoms with E-state index in [1.165, 1.54) is 17.0 Å². The molecule has 2 aromatic rings. The molecule has 0 atom stereocenters. The van der Waals surface area contributed by atoms with Crippen LogP contribution in [0.25, 0.3) is 5.52 Å². The lowest BCUT2D eigenvalue weighted by Crippen LogP contribution is -2.41. The van der Waals surface area contributed by atoms with Crippen LogP contribution in [0.15, 0.2) is 17.3 Å². The molecule has 0 aliphatic carbocycles. The number of hydrogen-bond donors (Lipinski definition) is 1. The van der Waals surface area contributed by atoms with E-state index < -0.39 is 11.4 Å². The van der Waals surface area contributed by atoms with E-state index in [-0.39, 0.29) is 23.1 Å². The number of nitrogens with one attached hydrogen (secondary N) is 1. The summed E-state index contributed by atoms with van der Waals surface area (Å²) in [7, 11) is 0. The number of H-pyrrole nitrogens is 1. The molecule has 130 valence electrons. The maximum absolute atomic E-state index is 14.3. The van der Waals surface area contributed by atoms with Crippen LogP contribution in [0.2, 0.25) is 0 Å². The van der Waals surface area contributed by atoms with Gasteiger partial charge in [0.1, 0.15) is 23.3 Å². The third kappa shape index (κ3) is 3.13. The predicted octanol–water partition coefficient (Wildman–Crippen LogP) is 2.28. The Kier molecular flexibility index (Phi) is 4.06. The van der Waals surface area contributed by atoms with Crippen LogP contribution in [0.1, 0.15) is 45.1 Å². The zero-order chi connectivity index (χ0) is 17.5. The second kappa shape index (κ2) is 5.92. The van der Waals surface area contributed by atoms with E-state index in [1.807, 2.05) is 20.8 Å². The first-order chi connectivity index (χ1) is 11.3. The number of fused-ring (bicyclic) bond motifs is 1. The molecule has 0 radical (unpaired) electrons. The molecule has 0 bridgehead atoms. The summed E-state index contributed by atoms with van der Waals surface area (Å²) in [6.07, 6.45) is 3.25. The number of piperidine rings is 1. The van der Waals surface area contributed by atoms with E-state index in [2.05, 4.69) is 10.1 Å². The molecule has 24 heavy (non-hydrogen) atoms. The fourth-order valence-electron chi connectivity index (χ4n) is 3.08. The molecule has 3 rings (SSSR count). The second-order valence-corrected chi connectivity index (χ2v) is 7.04. The van der Waals surface area contributed by atoms with E-state index >= 15 is 0 Å². The Hall–Kier alpha value is -2.38. The van der Waals surface area contributed by atoms with Crippen molar-refractivity contribution in [2.75, 3.05) is 13.1 Å². The van der Waals surface area contributed by atoms with Crippen molar-refractivity contribution in [3.63, 3.8) is 0 Å². The lowest BCUT2D eigenvalue weighted by molar-refractivity contribution is 0.0204. The topological polar surface area (TPSA) is 79.7 Å². The fraction of sp³-hybridized carbons (Fsp3) is 0.562. The van der Waals surface area contributed by atoms with Gasteiger partial charge in [-0.2, -0.15) is 5.10 Å². The van der Waals surface area contributed by atoms with Crippen LogP contribution in [0, 0.1) is 5.82 Å². The Bertz CT molecular complexity index is 813. The molecule has 0 saturated carbocycles. The summed E-state index contributed by atoms with van der Waals surface area (Å²) >= 11 is 0. The zero-order valence-electron chi connectivity index (χ0n) is 14.0. The molecule has 1 saturated heterocycles. The zero-order valence-corrected chi connectivity index (χ0v) is 14.0. The van der Waals surface area contributed by atoms with Gasteiger partial charge in [-0.1, -0.05) is 0 Å². The number of nitrogens with zero attached hydrogens (tertiary/aromatic N) is 3. The minimum absolute atomic E-state index is 0.126. The van der Waals surface area contributed by atoms with E-state index in [4.69, 9.17) is 4.74 Å². The first-order valence-electron chi connectivity index (χ1n) is 7.98. The quantitative estimate of drug-likeness (QED) is 0.866. The summed E-state index contributed by atoms with van der Waals surface area (Å²) in [5, 5.41) is 3.94. The molecule has 1 amide bonds. The summed E-state index contributed by atoms with van der Waals surface area (Å²) in [6.45, 7) is 6.39. The van der Waals surface area contributed by atoms with E-state index in [9.17, 15) is 14.0 Å². The molecule has 1 aliphatic rings. The Balaban J connectivity index is 1.77. The van der Waals surface area contributed by atoms with Crippen LogP contribution in [-0.4, -0.2) is 44.3 Å². The lowest BCUT2D eigenvalue weighted by Gasteiger charge is -2.33. The molecular formula is C16H21FN4O3. The Morgan fingerprint density at radius 3 is 2.67 bits per heavy atom. The second-order valence-electron chi connectivity index (χ2n) is 7.04. The Labute approximate surface area is 138 Å². The molecule has 0 aromatic carbocycles. The first-order valence-corrected chi connectivity index (χ1v) is 7.98. The number of amides is 1. The number of aromatic nitrogens is 3. The number of hydrogen-bond acceptors (Lipinski definition) is 4. The molecule has 3 heterocycles. The number of ether oxygens (including phenoxy) is 1. The SMILES string of the molecule is CC(C)(C)OC(=O)N1CCC(c2c(F)cn3nc[nH]c(=O)c23)CC1. The predicted molar refractivity (Wildman–Crippen MR) is 85.6 cm³/mol. The summed E-state index contributed by atoms with van der Waals surface area (Å²) in [5.74, 6) is -0.561. The summed E-state index contributed by atoms with van der Waals surface area (Å²) in [4.78, 5) is 28.2. The van der Waals surface area contributed by atoms with Crippen LogP contribution in [0.3, 0.4) is 0 Å². The van der Waals surface area contributed by atoms with Crippen molar-refractivity contribution in [3.8, 4) is 0 Å². The maximum atomic E-state index is 14.3. The van der Waals surface area contributed by atoms with Gasteiger partial charge in [0, 0.05) is 18.7 Å². The average Bonchev–Trinajstić information content (AvgIpc) is 2.83. The van der Waals surface area contributed by atoms with Crippen molar-refractivity contribution in [3.05, 3.63) is 34.3 Å². The molecule has 0 unspecified atom stereocenters. The summed E-state index contributed by atoms with van der Waals surface area (Å²) in [6, 6.07) is 0. The van der Waals surface area contributed by atoms with Crippen LogP contribution in [-0.2, 0) is 4.74 Å². The number of rotatable bonds is 1. The molecule has 1 fully saturated rings. The summed E-state index contributed by atoms with van der Waals surface area (Å²) in [5.41, 5.74) is -0.283. The van der Waals surface area contributed by atoms with Crippen molar-refractivity contribution in [2.45, 2.75) is 45.1 Å². The van der Waals surface area contributed by atoms with Crippen molar-refractivity contribution in [1.29, 1.82) is 0 Å². The highest BCUT2D eigenvalue weighted by Crippen LogP contribution is 2.32. The minimum Gasteiger partial charge on any atom is -0.444 e. The van der Waals surface area contributed by atoms with Crippen LogP contribution < -0.4 is 5.56 Å². The lowest BCUT2D eigenvalue weighted by atomic mass is 9.90. The largest absolute Gasteiger partial charge is 0.444 e. The fourth-order valence-corrected chi connectivity index (χ4v) is 3.08. The molecule has 8 heteroatoms. The van der Waals surface area contributed by atoms with Gasteiger partial charge in [0.15, 0.2) is 0 Å². The highest BCUT2D eigenvalue weighted by molar-refractivity contribution is 5.68. The smallest absolute Gasteiger partial charge is 0.410 e. The standard InChI is InChI=1S/C16H21FN4O3/c1-16(2,3)24-15(23)20-6-4-10(5-7-20)12-11(17)8-21-13(12)14(22)18-9-19-21/h8-10H,4-7H2,1-3H3,(H,18,19,22). The molecule has 0 spiro atoms. The van der Waals surface area contributed by atoms with Gasteiger partial charge < -0.3 is 14.6 Å². The third-order valence-electron chi connectivity index (χ3n) is 4.12. The van der Waals surface area contributed by atoms with Crippen molar-refractivity contribution in [2.24, 2.45) is 0 Å². The molecule has 2 aromatic heterocycles. The Morgan fingerprint density at radius 2 is 2.04 bits per heavy atom. The number of likely N-dealkylation sites (tertiary alicyclic amines) is 1. The first kappa shape index (κ1) is 16.5. The molecule has 7 nitrogen and oxygen atoms in total. The third-order valence-corrected chi connectivity index (χ3v) is 4.12. The van der Waals surface area contributed by atoms with Gasteiger partial charge in [-0.15, -0.1) is 0 Å². The van der Waals surface area contributed by atoms with E-state index in [0.29, 0.717) is 31.5 Å².